The van der Waals surface area contributed by atoms with Crippen molar-refractivity contribution in [1.29, 1.82) is 0 Å². The molecule has 3 N–H and O–H groups in total. The number of nitrogens with two attached hydrogens (primary N) is 1. The third kappa shape index (κ3) is 4.91. The number of hydrogen-bond acceptors (Lipinski definition) is 3. The maximum atomic E-state index is 12.0. The van der Waals surface area contributed by atoms with Crippen molar-refractivity contribution in [2.45, 2.75) is 33.1 Å². The Hall–Kier alpha value is -0.170. The van der Waals surface area contributed by atoms with Crippen molar-refractivity contribution in [2.75, 3.05) is 26.2 Å². The van der Waals surface area contributed by atoms with Crippen LogP contribution in [0.3, 0.4) is 0 Å². The molecule has 1 rings (SSSR count). The fourth-order valence-corrected chi connectivity index (χ4v) is 3.34. The molecule has 1 atom stereocenters. The molecule has 1 heterocycles. The van der Waals surface area contributed by atoms with Crippen LogP contribution in [0.5, 0.6) is 0 Å². The van der Waals surface area contributed by atoms with Crippen LogP contribution in [0.25, 0.3) is 0 Å². The van der Waals surface area contributed by atoms with Crippen LogP contribution in [0, 0.1) is 11.8 Å². The molecule has 1 aliphatic rings. The van der Waals surface area contributed by atoms with E-state index >= 15 is 0 Å². The highest BCUT2D eigenvalue weighted by molar-refractivity contribution is 7.87. The Balaban J connectivity index is 2.46. The summed E-state index contributed by atoms with van der Waals surface area (Å²) in [6.45, 7) is 6.43. The van der Waals surface area contributed by atoms with Crippen LogP contribution >= 0.6 is 0 Å². The topological polar surface area (TPSA) is 75.4 Å². The Kier molecular flexibility index (Phi) is 5.85. The molecule has 1 saturated heterocycles. The lowest BCUT2D eigenvalue weighted by atomic mass is 10.0. The van der Waals surface area contributed by atoms with Gasteiger partial charge in [-0.15, -0.1) is 0 Å². The summed E-state index contributed by atoms with van der Waals surface area (Å²) in [5.74, 6) is 0.821. The van der Waals surface area contributed by atoms with Gasteiger partial charge in [0.1, 0.15) is 0 Å². The molecule has 5 nitrogen and oxygen atoms in total. The second-order valence-electron chi connectivity index (χ2n) is 5.18. The van der Waals surface area contributed by atoms with Gasteiger partial charge in [0.15, 0.2) is 0 Å². The summed E-state index contributed by atoms with van der Waals surface area (Å²) in [5, 5.41) is 0. The van der Waals surface area contributed by atoms with E-state index in [4.69, 9.17) is 5.73 Å². The van der Waals surface area contributed by atoms with Gasteiger partial charge in [-0.3, -0.25) is 0 Å². The highest BCUT2D eigenvalue weighted by Gasteiger charge is 2.27. The molecule has 1 fully saturated rings. The van der Waals surface area contributed by atoms with E-state index in [-0.39, 0.29) is 0 Å². The van der Waals surface area contributed by atoms with Gasteiger partial charge >= 0.3 is 0 Å². The number of piperidine rings is 1. The molecule has 17 heavy (non-hydrogen) atoms. The smallest absolute Gasteiger partial charge is 0.279 e. The minimum atomic E-state index is -3.29. The number of rotatable bonds is 6. The summed E-state index contributed by atoms with van der Waals surface area (Å²) in [6, 6.07) is 0. The number of nitrogens with one attached hydrogen (secondary N) is 1. The lowest BCUT2D eigenvalue weighted by molar-refractivity contribution is 0.268. The average Bonchev–Trinajstić information content (AvgIpc) is 2.28. The maximum Gasteiger partial charge on any atom is 0.279 e. The van der Waals surface area contributed by atoms with E-state index in [1.54, 1.807) is 0 Å². The largest absolute Gasteiger partial charge is 0.330 e. The van der Waals surface area contributed by atoms with Crippen molar-refractivity contribution in [3.05, 3.63) is 0 Å². The van der Waals surface area contributed by atoms with Crippen LogP contribution < -0.4 is 10.5 Å². The molecule has 0 saturated carbocycles. The van der Waals surface area contributed by atoms with Gasteiger partial charge in [-0.25, -0.2) is 4.72 Å². The molecule has 0 amide bonds. The first kappa shape index (κ1) is 14.9. The summed E-state index contributed by atoms with van der Waals surface area (Å²) in [7, 11) is -3.29. The Morgan fingerprint density at radius 2 is 2.18 bits per heavy atom. The third-order valence-corrected chi connectivity index (χ3v) is 4.74. The molecular formula is C11H25N3O2S. The quantitative estimate of drug-likeness (QED) is 0.734. The zero-order valence-corrected chi connectivity index (χ0v) is 11.7. The van der Waals surface area contributed by atoms with E-state index < -0.39 is 10.2 Å². The van der Waals surface area contributed by atoms with Crippen molar-refractivity contribution in [1.82, 2.24) is 9.03 Å². The van der Waals surface area contributed by atoms with Crippen molar-refractivity contribution in [3.8, 4) is 0 Å². The molecule has 0 aromatic heterocycles. The van der Waals surface area contributed by atoms with Crippen LogP contribution in [-0.2, 0) is 10.2 Å². The molecule has 0 spiro atoms. The zero-order valence-electron chi connectivity index (χ0n) is 10.9. The van der Waals surface area contributed by atoms with Gasteiger partial charge < -0.3 is 5.73 Å². The fourth-order valence-electron chi connectivity index (χ4n) is 2.01. The lowest BCUT2D eigenvalue weighted by Gasteiger charge is -2.31. The molecule has 0 bridgehead atoms. The van der Waals surface area contributed by atoms with E-state index in [0.29, 0.717) is 38.0 Å². The summed E-state index contributed by atoms with van der Waals surface area (Å²) < 4.78 is 28.2. The monoisotopic (exact) mass is 263 g/mol. The van der Waals surface area contributed by atoms with Crippen LogP contribution in [0.15, 0.2) is 0 Å². The van der Waals surface area contributed by atoms with E-state index in [1.165, 1.54) is 4.31 Å². The van der Waals surface area contributed by atoms with Crippen molar-refractivity contribution < 1.29 is 8.42 Å². The van der Waals surface area contributed by atoms with E-state index in [0.717, 1.165) is 19.3 Å². The van der Waals surface area contributed by atoms with E-state index in [9.17, 15) is 8.42 Å². The first-order valence-electron chi connectivity index (χ1n) is 6.40. The second kappa shape index (κ2) is 6.68. The predicted octanol–water partition coefficient (Wildman–Crippen LogP) is 0.538. The summed E-state index contributed by atoms with van der Waals surface area (Å²) in [6.07, 6.45) is 2.81. The molecule has 0 radical (unpaired) electrons. The number of nitrogens with zero attached hydrogens (tertiary/aromatic N) is 1. The van der Waals surface area contributed by atoms with E-state index in [2.05, 4.69) is 18.6 Å². The minimum absolute atomic E-state index is 0.311. The van der Waals surface area contributed by atoms with Crippen molar-refractivity contribution in [3.63, 3.8) is 0 Å². The average molecular weight is 263 g/mol. The minimum Gasteiger partial charge on any atom is -0.330 e. The predicted molar refractivity (Wildman–Crippen MR) is 69.7 cm³/mol. The molecule has 6 heteroatoms. The van der Waals surface area contributed by atoms with Crippen LogP contribution in [0.2, 0.25) is 0 Å². The maximum absolute atomic E-state index is 12.0. The highest BCUT2D eigenvalue weighted by Crippen LogP contribution is 2.17. The van der Waals surface area contributed by atoms with Crippen molar-refractivity contribution in [2.24, 2.45) is 17.6 Å². The van der Waals surface area contributed by atoms with Gasteiger partial charge in [0.2, 0.25) is 0 Å². The highest BCUT2D eigenvalue weighted by atomic mass is 32.2. The first-order valence-corrected chi connectivity index (χ1v) is 7.84. The molecule has 102 valence electrons. The van der Waals surface area contributed by atoms with Crippen molar-refractivity contribution >= 4 is 10.2 Å². The standard InChI is InChI=1S/C11H25N3O2S/c1-10(2)5-6-13-17(15,16)14-7-3-4-11(8-12)9-14/h10-11,13H,3-9,12H2,1-2H3. The Morgan fingerprint density at radius 3 is 2.76 bits per heavy atom. The Labute approximate surface area is 105 Å². The van der Waals surface area contributed by atoms with Gasteiger partial charge in [0.05, 0.1) is 0 Å². The summed E-state index contributed by atoms with van der Waals surface area (Å²) >= 11 is 0. The van der Waals surface area contributed by atoms with Gasteiger partial charge in [-0.2, -0.15) is 12.7 Å². The van der Waals surface area contributed by atoms with Crippen LogP contribution in [0.1, 0.15) is 33.1 Å². The van der Waals surface area contributed by atoms with Crippen LogP contribution in [-0.4, -0.2) is 38.9 Å². The third-order valence-electron chi connectivity index (χ3n) is 3.16. The van der Waals surface area contributed by atoms with Gasteiger partial charge in [-0.05, 0) is 37.6 Å². The fraction of sp³-hybridized carbons (Fsp3) is 1.00. The van der Waals surface area contributed by atoms with Crippen LogP contribution in [0.4, 0.5) is 0 Å². The Morgan fingerprint density at radius 1 is 1.47 bits per heavy atom. The zero-order chi connectivity index (χ0) is 12.9. The SMILES string of the molecule is CC(C)CCNS(=O)(=O)N1CCCC(CN)C1. The Bertz CT molecular complexity index is 317. The summed E-state index contributed by atoms with van der Waals surface area (Å²) in [5.41, 5.74) is 5.61. The molecule has 0 aromatic carbocycles. The number of hydrogen-bond donors (Lipinski definition) is 2. The molecule has 1 aliphatic heterocycles. The van der Waals surface area contributed by atoms with Gasteiger partial charge in [-0.1, -0.05) is 13.8 Å². The first-order chi connectivity index (χ1) is 7.95. The lowest BCUT2D eigenvalue weighted by Crippen LogP contribution is -2.47. The molecule has 1 unspecified atom stereocenters. The second-order valence-corrected chi connectivity index (χ2v) is 6.94. The molecule has 0 aromatic rings. The van der Waals surface area contributed by atoms with E-state index in [1.807, 2.05) is 0 Å². The molecule has 0 aliphatic carbocycles. The van der Waals surface area contributed by atoms with Gasteiger partial charge in [0.25, 0.3) is 10.2 Å². The normalized spacial score (nSPS) is 23.2. The summed E-state index contributed by atoms with van der Waals surface area (Å²) in [4.78, 5) is 0. The molecular weight excluding hydrogens is 238 g/mol. The van der Waals surface area contributed by atoms with Gasteiger partial charge in [0, 0.05) is 19.6 Å².